The molecule has 0 saturated heterocycles. The lowest BCUT2D eigenvalue weighted by molar-refractivity contribution is -0.120. The normalized spacial score (nSPS) is 10.4. The maximum Gasteiger partial charge on any atom is 0.244 e. The lowest BCUT2D eigenvalue weighted by Gasteiger charge is -2.23. The number of hydrogen-bond donors (Lipinski definition) is 1. The third kappa shape index (κ3) is 4.02. The second-order valence-corrected chi connectivity index (χ2v) is 6.19. The van der Waals surface area contributed by atoms with E-state index in [0.717, 1.165) is 33.6 Å². The summed E-state index contributed by atoms with van der Waals surface area (Å²) in [7, 11) is 0. The van der Waals surface area contributed by atoms with Crippen LogP contribution in [0, 0.1) is 27.7 Å². The van der Waals surface area contributed by atoms with Crippen molar-refractivity contribution in [2.24, 2.45) is 0 Å². The molecule has 4 heteroatoms. The summed E-state index contributed by atoms with van der Waals surface area (Å²) in [6.07, 6.45) is 0. The molecule has 2 aromatic carbocycles. The zero-order chi connectivity index (χ0) is 17.9. The van der Waals surface area contributed by atoms with E-state index >= 15 is 0 Å². The van der Waals surface area contributed by atoms with Gasteiger partial charge < -0.3 is 10.2 Å². The molecular weight excluding hydrogens is 300 g/mol. The first-order valence-electron chi connectivity index (χ1n) is 8.01. The third-order valence-electron chi connectivity index (χ3n) is 4.22. The van der Waals surface area contributed by atoms with Crippen LogP contribution in [0.2, 0.25) is 0 Å². The van der Waals surface area contributed by atoms with Gasteiger partial charge in [-0.15, -0.1) is 0 Å². The van der Waals surface area contributed by atoms with Crippen LogP contribution in [0.15, 0.2) is 36.4 Å². The van der Waals surface area contributed by atoms with E-state index < -0.39 is 0 Å². The number of nitrogens with one attached hydrogen (secondary N) is 1. The second kappa shape index (κ2) is 7.30. The number of amides is 2. The summed E-state index contributed by atoms with van der Waals surface area (Å²) in [5.41, 5.74) is 5.73. The molecule has 0 aliphatic rings. The number of benzene rings is 2. The molecule has 24 heavy (non-hydrogen) atoms. The molecule has 4 nitrogen and oxygen atoms in total. The van der Waals surface area contributed by atoms with Crippen molar-refractivity contribution in [3.8, 4) is 0 Å². The molecule has 0 saturated carbocycles. The molecule has 2 aromatic rings. The van der Waals surface area contributed by atoms with Crippen LogP contribution >= 0.6 is 0 Å². The smallest absolute Gasteiger partial charge is 0.244 e. The van der Waals surface area contributed by atoms with Gasteiger partial charge in [0.1, 0.15) is 6.54 Å². The standard InChI is InChI=1S/C20H24N2O2/c1-13-9-10-15(3)19(11-13)22(17(5)23)12-20(24)21-18-8-6-7-14(2)16(18)4/h6-11H,12H2,1-5H3,(H,21,24). The highest BCUT2D eigenvalue weighted by Crippen LogP contribution is 2.22. The van der Waals surface area contributed by atoms with Crippen molar-refractivity contribution in [3.63, 3.8) is 0 Å². The molecule has 0 aliphatic heterocycles. The van der Waals surface area contributed by atoms with Crippen molar-refractivity contribution >= 4 is 23.2 Å². The maximum atomic E-state index is 12.5. The highest BCUT2D eigenvalue weighted by molar-refractivity contribution is 6.02. The topological polar surface area (TPSA) is 49.4 Å². The van der Waals surface area contributed by atoms with E-state index in [1.807, 2.05) is 64.1 Å². The molecule has 0 aliphatic carbocycles. The summed E-state index contributed by atoms with van der Waals surface area (Å²) in [5.74, 6) is -0.361. The average Bonchev–Trinajstić information content (AvgIpc) is 2.52. The van der Waals surface area contributed by atoms with E-state index in [0.29, 0.717) is 0 Å². The Balaban J connectivity index is 2.22. The Morgan fingerprint density at radius 1 is 1.00 bits per heavy atom. The van der Waals surface area contributed by atoms with Gasteiger partial charge in [-0.2, -0.15) is 0 Å². The van der Waals surface area contributed by atoms with Crippen LogP contribution in [0.1, 0.15) is 29.2 Å². The fourth-order valence-corrected chi connectivity index (χ4v) is 2.60. The molecule has 0 fully saturated rings. The predicted molar refractivity (Wildman–Crippen MR) is 98.5 cm³/mol. The summed E-state index contributed by atoms with van der Waals surface area (Å²) >= 11 is 0. The molecule has 126 valence electrons. The van der Waals surface area contributed by atoms with Crippen LogP contribution in [0.5, 0.6) is 0 Å². The quantitative estimate of drug-likeness (QED) is 0.927. The monoisotopic (exact) mass is 324 g/mol. The molecule has 2 amide bonds. The van der Waals surface area contributed by atoms with Crippen LogP contribution in [-0.2, 0) is 9.59 Å². The first kappa shape index (κ1) is 17.7. The number of anilines is 2. The van der Waals surface area contributed by atoms with Crippen molar-refractivity contribution in [1.82, 2.24) is 0 Å². The summed E-state index contributed by atoms with van der Waals surface area (Å²) in [5, 5.41) is 2.91. The number of nitrogens with zero attached hydrogens (tertiary/aromatic N) is 1. The molecule has 0 radical (unpaired) electrons. The second-order valence-electron chi connectivity index (χ2n) is 6.19. The van der Waals surface area contributed by atoms with E-state index in [1.54, 1.807) is 0 Å². The van der Waals surface area contributed by atoms with E-state index in [1.165, 1.54) is 11.8 Å². The molecule has 0 atom stereocenters. The molecule has 0 unspecified atom stereocenters. The molecule has 0 heterocycles. The average molecular weight is 324 g/mol. The zero-order valence-electron chi connectivity index (χ0n) is 14.9. The van der Waals surface area contributed by atoms with Gasteiger partial charge in [-0.25, -0.2) is 0 Å². The van der Waals surface area contributed by atoms with Crippen LogP contribution in [0.4, 0.5) is 11.4 Å². The van der Waals surface area contributed by atoms with E-state index in [-0.39, 0.29) is 18.4 Å². The zero-order valence-corrected chi connectivity index (χ0v) is 14.9. The highest BCUT2D eigenvalue weighted by atomic mass is 16.2. The number of hydrogen-bond acceptors (Lipinski definition) is 2. The Labute approximate surface area is 143 Å². The number of carbonyl (C=O) groups excluding carboxylic acids is 2. The van der Waals surface area contributed by atoms with Crippen molar-refractivity contribution in [2.75, 3.05) is 16.8 Å². The van der Waals surface area contributed by atoms with Gasteiger partial charge in [-0.1, -0.05) is 24.3 Å². The summed E-state index contributed by atoms with van der Waals surface area (Å²) in [6.45, 7) is 9.35. The lowest BCUT2D eigenvalue weighted by atomic mass is 10.1. The lowest BCUT2D eigenvalue weighted by Crippen LogP contribution is -2.37. The van der Waals surface area contributed by atoms with Crippen LogP contribution in [-0.4, -0.2) is 18.4 Å². The van der Waals surface area contributed by atoms with E-state index in [4.69, 9.17) is 0 Å². The first-order chi connectivity index (χ1) is 11.3. The van der Waals surface area contributed by atoms with E-state index in [2.05, 4.69) is 5.32 Å². The summed E-state index contributed by atoms with van der Waals surface area (Å²) < 4.78 is 0. The minimum Gasteiger partial charge on any atom is -0.324 e. The van der Waals surface area contributed by atoms with Crippen LogP contribution < -0.4 is 10.2 Å². The summed E-state index contributed by atoms with van der Waals surface area (Å²) in [4.78, 5) is 26.0. The molecule has 1 N–H and O–H groups in total. The fourth-order valence-electron chi connectivity index (χ4n) is 2.60. The SMILES string of the molecule is CC(=O)N(CC(=O)Nc1cccc(C)c1C)c1cc(C)ccc1C. The minimum atomic E-state index is -0.209. The number of aryl methyl sites for hydroxylation is 3. The molecule has 0 spiro atoms. The van der Waals surface area contributed by atoms with Gasteiger partial charge in [0.15, 0.2) is 0 Å². The van der Waals surface area contributed by atoms with Crippen LogP contribution in [0.25, 0.3) is 0 Å². The van der Waals surface area contributed by atoms with Gasteiger partial charge in [0.05, 0.1) is 0 Å². The Morgan fingerprint density at radius 3 is 2.38 bits per heavy atom. The van der Waals surface area contributed by atoms with Gasteiger partial charge in [0.2, 0.25) is 11.8 Å². The fraction of sp³-hybridized carbons (Fsp3) is 0.300. The minimum absolute atomic E-state index is 0.00694. The number of rotatable bonds is 4. The molecular formula is C20H24N2O2. The van der Waals surface area contributed by atoms with Crippen LogP contribution in [0.3, 0.4) is 0 Å². The Hall–Kier alpha value is -2.62. The Bertz CT molecular complexity index is 781. The van der Waals surface area contributed by atoms with Crippen molar-refractivity contribution in [1.29, 1.82) is 0 Å². The molecule has 0 aromatic heterocycles. The third-order valence-corrected chi connectivity index (χ3v) is 4.22. The van der Waals surface area contributed by atoms with Gasteiger partial charge in [-0.05, 0) is 62.1 Å². The van der Waals surface area contributed by atoms with Gasteiger partial charge in [0.25, 0.3) is 0 Å². The largest absolute Gasteiger partial charge is 0.324 e. The maximum absolute atomic E-state index is 12.5. The van der Waals surface area contributed by atoms with Gasteiger partial charge in [0, 0.05) is 18.3 Å². The van der Waals surface area contributed by atoms with Crippen molar-refractivity contribution in [3.05, 3.63) is 58.7 Å². The Kier molecular flexibility index (Phi) is 5.39. The molecule has 0 bridgehead atoms. The van der Waals surface area contributed by atoms with Gasteiger partial charge >= 0.3 is 0 Å². The Morgan fingerprint density at radius 2 is 1.71 bits per heavy atom. The highest BCUT2D eigenvalue weighted by Gasteiger charge is 2.18. The van der Waals surface area contributed by atoms with E-state index in [9.17, 15) is 9.59 Å². The predicted octanol–water partition coefficient (Wildman–Crippen LogP) is 3.91. The summed E-state index contributed by atoms with van der Waals surface area (Å²) in [6, 6.07) is 11.7. The van der Waals surface area contributed by atoms with Crippen molar-refractivity contribution in [2.45, 2.75) is 34.6 Å². The van der Waals surface area contributed by atoms with Gasteiger partial charge in [-0.3, -0.25) is 9.59 Å². The first-order valence-corrected chi connectivity index (χ1v) is 8.01. The number of carbonyl (C=O) groups is 2. The van der Waals surface area contributed by atoms with Crippen molar-refractivity contribution < 1.29 is 9.59 Å². The molecule has 2 rings (SSSR count).